The predicted octanol–water partition coefficient (Wildman–Crippen LogP) is 4.24. The standard InChI is InChI=1S/C12H7BrF3NO/c13-6-3-8(15)12(16)11(4-6)18-10-2-1-7(14)5-9(10)17/h1-5H,17H2. The number of anilines is 1. The minimum atomic E-state index is -1.14. The fraction of sp³-hybridized carbons (Fsp3) is 0. The molecule has 0 aliphatic rings. The van der Waals surface area contributed by atoms with Crippen molar-refractivity contribution < 1.29 is 17.9 Å². The largest absolute Gasteiger partial charge is 0.452 e. The van der Waals surface area contributed by atoms with Crippen LogP contribution in [0.4, 0.5) is 18.9 Å². The summed E-state index contributed by atoms with van der Waals surface area (Å²) in [7, 11) is 0. The third-order valence-electron chi connectivity index (χ3n) is 2.15. The van der Waals surface area contributed by atoms with Crippen LogP contribution >= 0.6 is 15.9 Å². The molecule has 0 aliphatic heterocycles. The normalized spacial score (nSPS) is 10.4. The first kappa shape index (κ1) is 12.8. The summed E-state index contributed by atoms with van der Waals surface area (Å²) >= 11 is 3.01. The maximum Gasteiger partial charge on any atom is 0.201 e. The molecule has 6 heteroatoms. The maximum atomic E-state index is 13.4. The van der Waals surface area contributed by atoms with Gasteiger partial charge in [0, 0.05) is 10.5 Å². The molecule has 0 atom stereocenters. The van der Waals surface area contributed by atoms with Gasteiger partial charge in [0.1, 0.15) is 5.82 Å². The van der Waals surface area contributed by atoms with Gasteiger partial charge < -0.3 is 10.5 Å². The Morgan fingerprint density at radius 2 is 1.72 bits per heavy atom. The Morgan fingerprint density at radius 1 is 1.00 bits per heavy atom. The molecule has 0 saturated carbocycles. The lowest BCUT2D eigenvalue weighted by molar-refractivity contribution is 0.416. The van der Waals surface area contributed by atoms with Crippen LogP contribution in [0.1, 0.15) is 0 Å². The minimum Gasteiger partial charge on any atom is -0.452 e. The monoisotopic (exact) mass is 317 g/mol. The number of ether oxygens (including phenoxy) is 1. The van der Waals surface area contributed by atoms with Crippen LogP contribution in [0.3, 0.4) is 0 Å². The summed E-state index contributed by atoms with van der Waals surface area (Å²) in [5.74, 6) is -3.02. The average Bonchev–Trinajstić information content (AvgIpc) is 2.29. The molecule has 0 radical (unpaired) electrons. The molecule has 0 heterocycles. The summed E-state index contributed by atoms with van der Waals surface area (Å²) in [6, 6.07) is 5.60. The van der Waals surface area contributed by atoms with E-state index in [2.05, 4.69) is 15.9 Å². The van der Waals surface area contributed by atoms with Crippen molar-refractivity contribution in [2.24, 2.45) is 0 Å². The number of hydrogen-bond donors (Lipinski definition) is 1. The Morgan fingerprint density at radius 3 is 2.39 bits per heavy atom. The van der Waals surface area contributed by atoms with E-state index in [1.807, 2.05) is 0 Å². The third kappa shape index (κ3) is 2.59. The zero-order chi connectivity index (χ0) is 13.3. The topological polar surface area (TPSA) is 35.2 Å². The van der Waals surface area contributed by atoms with Gasteiger partial charge in [-0.25, -0.2) is 8.78 Å². The molecule has 2 aromatic carbocycles. The number of nitrogens with two attached hydrogens (primary N) is 1. The van der Waals surface area contributed by atoms with E-state index < -0.39 is 17.5 Å². The van der Waals surface area contributed by atoms with Crippen molar-refractivity contribution in [2.45, 2.75) is 0 Å². The van der Waals surface area contributed by atoms with E-state index in [1.54, 1.807) is 0 Å². The Labute approximate surface area is 109 Å². The van der Waals surface area contributed by atoms with E-state index in [9.17, 15) is 13.2 Å². The van der Waals surface area contributed by atoms with Crippen molar-refractivity contribution in [3.05, 3.63) is 52.3 Å². The molecular weight excluding hydrogens is 311 g/mol. The zero-order valence-corrected chi connectivity index (χ0v) is 10.5. The molecule has 0 unspecified atom stereocenters. The van der Waals surface area contributed by atoms with E-state index in [4.69, 9.17) is 10.5 Å². The summed E-state index contributed by atoms with van der Waals surface area (Å²) in [5.41, 5.74) is 5.50. The molecule has 0 aliphatic carbocycles. The van der Waals surface area contributed by atoms with Gasteiger partial charge in [-0.05, 0) is 24.3 Å². The number of nitrogen functional groups attached to an aromatic ring is 1. The van der Waals surface area contributed by atoms with Crippen LogP contribution in [-0.2, 0) is 0 Å². The second-order valence-electron chi connectivity index (χ2n) is 3.48. The molecule has 0 aromatic heterocycles. The molecule has 2 aromatic rings. The highest BCUT2D eigenvalue weighted by atomic mass is 79.9. The Balaban J connectivity index is 2.40. The van der Waals surface area contributed by atoms with Crippen LogP contribution in [0.5, 0.6) is 11.5 Å². The Kier molecular flexibility index (Phi) is 3.47. The highest BCUT2D eigenvalue weighted by molar-refractivity contribution is 9.10. The number of benzene rings is 2. The number of rotatable bonds is 2. The van der Waals surface area contributed by atoms with Crippen molar-refractivity contribution in [1.82, 2.24) is 0 Å². The van der Waals surface area contributed by atoms with Crippen molar-refractivity contribution >= 4 is 21.6 Å². The first-order chi connectivity index (χ1) is 8.47. The van der Waals surface area contributed by atoms with Gasteiger partial charge in [-0.3, -0.25) is 0 Å². The van der Waals surface area contributed by atoms with Crippen molar-refractivity contribution in [3.8, 4) is 11.5 Å². The van der Waals surface area contributed by atoms with Gasteiger partial charge in [-0.15, -0.1) is 0 Å². The van der Waals surface area contributed by atoms with E-state index in [0.29, 0.717) is 4.47 Å². The number of halogens is 4. The van der Waals surface area contributed by atoms with Gasteiger partial charge in [0.05, 0.1) is 5.69 Å². The zero-order valence-electron chi connectivity index (χ0n) is 8.88. The molecular formula is C12H7BrF3NO. The van der Waals surface area contributed by atoms with Crippen molar-refractivity contribution in [2.75, 3.05) is 5.73 Å². The van der Waals surface area contributed by atoms with E-state index in [1.165, 1.54) is 12.1 Å². The lowest BCUT2D eigenvalue weighted by Crippen LogP contribution is -1.96. The summed E-state index contributed by atoms with van der Waals surface area (Å²) in [4.78, 5) is 0. The quantitative estimate of drug-likeness (QED) is 0.664. The number of hydrogen-bond acceptors (Lipinski definition) is 2. The summed E-state index contributed by atoms with van der Waals surface area (Å²) in [5, 5.41) is 0. The highest BCUT2D eigenvalue weighted by Gasteiger charge is 2.13. The summed E-state index contributed by atoms with van der Waals surface area (Å²) in [6.07, 6.45) is 0. The van der Waals surface area contributed by atoms with E-state index >= 15 is 0 Å². The van der Waals surface area contributed by atoms with Crippen LogP contribution in [0.15, 0.2) is 34.8 Å². The van der Waals surface area contributed by atoms with Gasteiger partial charge >= 0.3 is 0 Å². The minimum absolute atomic E-state index is 0.00483. The predicted molar refractivity (Wildman–Crippen MR) is 64.9 cm³/mol. The lowest BCUT2D eigenvalue weighted by Gasteiger charge is -2.10. The smallest absolute Gasteiger partial charge is 0.201 e. The van der Waals surface area contributed by atoms with Crippen LogP contribution in [0.25, 0.3) is 0 Å². The molecule has 0 bridgehead atoms. The summed E-state index contributed by atoms with van der Waals surface area (Å²) < 4.78 is 44.8. The Bertz CT molecular complexity index is 604. The summed E-state index contributed by atoms with van der Waals surface area (Å²) in [6.45, 7) is 0. The molecule has 0 amide bonds. The first-order valence-electron chi connectivity index (χ1n) is 4.85. The second kappa shape index (κ2) is 4.89. The maximum absolute atomic E-state index is 13.4. The van der Waals surface area contributed by atoms with Gasteiger partial charge in [0.15, 0.2) is 17.3 Å². The Hall–Kier alpha value is -1.69. The molecule has 94 valence electrons. The molecule has 18 heavy (non-hydrogen) atoms. The SMILES string of the molecule is Nc1cc(F)ccc1Oc1cc(Br)cc(F)c1F. The molecule has 0 saturated heterocycles. The van der Waals surface area contributed by atoms with Gasteiger partial charge in [0.25, 0.3) is 0 Å². The lowest BCUT2D eigenvalue weighted by atomic mass is 10.3. The van der Waals surface area contributed by atoms with E-state index in [0.717, 1.165) is 18.2 Å². The molecule has 0 spiro atoms. The van der Waals surface area contributed by atoms with Crippen molar-refractivity contribution in [3.63, 3.8) is 0 Å². The first-order valence-corrected chi connectivity index (χ1v) is 5.64. The molecule has 2 nitrogen and oxygen atoms in total. The second-order valence-corrected chi connectivity index (χ2v) is 4.40. The van der Waals surface area contributed by atoms with Crippen LogP contribution < -0.4 is 10.5 Å². The fourth-order valence-corrected chi connectivity index (χ4v) is 1.75. The van der Waals surface area contributed by atoms with Gasteiger partial charge in [0.2, 0.25) is 5.82 Å². The van der Waals surface area contributed by atoms with Crippen LogP contribution in [-0.4, -0.2) is 0 Å². The van der Waals surface area contributed by atoms with Gasteiger partial charge in [-0.2, -0.15) is 4.39 Å². The van der Waals surface area contributed by atoms with Crippen LogP contribution in [0.2, 0.25) is 0 Å². The van der Waals surface area contributed by atoms with Crippen LogP contribution in [0, 0.1) is 17.5 Å². The van der Waals surface area contributed by atoms with Crippen molar-refractivity contribution in [1.29, 1.82) is 0 Å². The third-order valence-corrected chi connectivity index (χ3v) is 2.61. The fourth-order valence-electron chi connectivity index (χ4n) is 1.34. The van der Waals surface area contributed by atoms with Gasteiger partial charge in [-0.1, -0.05) is 15.9 Å². The molecule has 2 N–H and O–H groups in total. The highest BCUT2D eigenvalue weighted by Crippen LogP contribution is 2.32. The molecule has 2 rings (SSSR count). The average molecular weight is 318 g/mol. The van der Waals surface area contributed by atoms with E-state index in [-0.39, 0.29) is 17.2 Å². The molecule has 0 fully saturated rings.